The number of nitrogens with one attached hydrogen (secondary N) is 2. The summed E-state index contributed by atoms with van der Waals surface area (Å²) in [5.41, 5.74) is -5.24. The number of ether oxygens (including phenoxy) is 1. The van der Waals surface area contributed by atoms with Gasteiger partial charge in [0, 0.05) is 39.3 Å². The maximum Gasteiger partial charge on any atom is 0.511 e. The van der Waals surface area contributed by atoms with Gasteiger partial charge in [-0.15, -0.1) is 0 Å². The normalized spacial score (nSPS) is 19.7. The molecule has 25 heavy (non-hydrogen) atoms. The van der Waals surface area contributed by atoms with Gasteiger partial charge in [0.25, 0.3) is 0 Å². The van der Waals surface area contributed by atoms with Gasteiger partial charge in [0.15, 0.2) is 5.96 Å². The molecule has 0 aromatic carbocycles. The molecule has 11 heteroatoms. The van der Waals surface area contributed by atoms with Crippen LogP contribution in [0.15, 0.2) is 4.99 Å². The minimum absolute atomic E-state index is 0.0490. The lowest BCUT2D eigenvalue weighted by Gasteiger charge is -2.31. The van der Waals surface area contributed by atoms with Gasteiger partial charge in [-0.05, 0) is 32.6 Å². The van der Waals surface area contributed by atoms with Crippen LogP contribution in [-0.2, 0) is 14.8 Å². The highest BCUT2D eigenvalue weighted by atomic mass is 32.2. The molecule has 1 saturated heterocycles. The van der Waals surface area contributed by atoms with Crippen molar-refractivity contribution in [3.63, 3.8) is 0 Å². The van der Waals surface area contributed by atoms with Crippen molar-refractivity contribution in [2.24, 2.45) is 10.9 Å². The molecule has 148 valence electrons. The third-order valence-corrected chi connectivity index (χ3v) is 5.49. The first-order valence-corrected chi connectivity index (χ1v) is 9.66. The Morgan fingerprint density at radius 3 is 2.44 bits per heavy atom. The van der Waals surface area contributed by atoms with Crippen LogP contribution in [0.25, 0.3) is 0 Å². The molecular formula is C14H27F3N4O3S. The Balaban J connectivity index is 2.56. The predicted molar refractivity (Wildman–Crippen MR) is 89.7 cm³/mol. The molecule has 0 amide bonds. The van der Waals surface area contributed by atoms with Crippen LogP contribution < -0.4 is 10.6 Å². The average molecular weight is 388 g/mol. The monoisotopic (exact) mass is 388 g/mol. The number of rotatable bonds is 7. The first-order valence-electron chi connectivity index (χ1n) is 8.22. The van der Waals surface area contributed by atoms with Crippen LogP contribution in [0.4, 0.5) is 13.2 Å². The lowest BCUT2D eigenvalue weighted by atomic mass is 9.98. The molecule has 0 saturated carbocycles. The number of halogens is 3. The summed E-state index contributed by atoms with van der Waals surface area (Å²) in [5, 5.41) is 6.26. The average Bonchev–Trinajstić information content (AvgIpc) is 2.52. The molecule has 0 aliphatic carbocycles. The first-order chi connectivity index (χ1) is 11.6. The molecule has 1 fully saturated rings. The number of alkyl halides is 3. The molecule has 0 radical (unpaired) electrons. The minimum Gasteiger partial charge on any atom is -0.383 e. The summed E-state index contributed by atoms with van der Waals surface area (Å²) in [6.07, 6.45) is 0.706. The number of hydrogen-bond acceptors (Lipinski definition) is 4. The molecule has 2 N–H and O–H groups in total. The van der Waals surface area contributed by atoms with E-state index in [1.165, 1.54) is 0 Å². The van der Waals surface area contributed by atoms with Crippen molar-refractivity contribution in [1.82, 2.24) is 14.9 Å². The van der Waals surface area contributed by atoms with Crippen LogP contribution in [0.2, 0.25) is 0 Å². The van der Waals surface area contributed by atoms with Crippen molar-refractivity contribution >= 4 is 16.0 Å². The second-order valence-corrected chi connectivity index (χ2v) is 7.94. The molecule has 1 rings (SSSR count). The molecule has 0 bridgehead atoms. The van der Waals surface area contributed by atoms with Crippen LogP contribution in [0.3, 0.4) is 0 Å². The van der Waals surface area contributed by atoms with E-state index < -0.39 is 15.5 Å². The van der Waals surface area contributed by atoms with E-state index in [-0.39, 0.29) is 25.0 Å². The van der Waals surface area contributed by atoms with E-state index in [0.717, 1.165) is 0 Å². The Bertz CT molecular complexity index is 532. The highest BCUT2D eigenvalue weighted by Crippen LogP contribution is 2.30. The Labute approximate surface area is 147 Å². The smallest absolute Gasteiger partial charge is 0.383 e. The Morgan fingerprint density at radius 2 is 1.96 bits per heavy atom. The molecule has 7 nitrogen and oxygen atoms in total. The summed E-state index contributed by atoms with van der Waals surface area (Å²) in [6.45, 7) is 5.22. The Hall–Kier alpha value is -1.07. The van der Waals surface area contributed by atoms with Crippen molar-refractivity contribution < 1.29 is 26.3 Å². The van der Waals surface area contributed by atoms with E-state index in [1.54, 1.807) is 7.11 Å². The Kier molecular flexibility index (Phi) is 8.42. The zero-order chi connectivity index (χ0) is 19.1. The zero-order valence-corrected chi connectivity index (χ0v) is 15.6. The second kappa shape index (κ2) is 9.58. The molecule has 1 unspecified atom stereocenters. The topological polar surface area (TPSA) is 83.0 Å². The van der Waals surface area contributed by atoms with Crippen LogP contribution in [0.1, 0.15) is 26.7 Å². The van der Waals surface area contributed by atoms with Gasteiger partial charge in [0.2, 0.25) is 0 Å². The highest BCUT2D eigenvalue weighted by molar-refractivity contribution is 7.90. The molecule has 0 aromatic rings. The van der Waals surface area contributed by atoms with Crippen molar-refractivity contribution in [2.45, 2.75) is 38.2 Å². The van der Waals surface area contributed by atoms with Crippen molar-refractivity contribution in [2.75, 3.05) is 39.9 Å². The van der Waals surface area contributed by atoms with Gasteiger partial charge in [-0.25, -0.2) is 8.42 Å². The number of piperidine rings is 1. The number of aliphatic imine (C=N–C) groups is 1. The Morgan fingerprint density at radius 1 is 1.36 bits per heavy atom. The number of guanidine groups is 1. The molecule has 1 atom stereocenters. The predicted octanol–water partition coefficient (Wildman–Crippen LogP) is 1.14. The number of sulfonamides is 1. The van der Waals surface area contributed by atoms with Gasteiger partial charge in [0.1, 0.15) is 0 Å². The van der Waals surface area contributed by atoms with Gasteiger partial charge in [-0.3, -0.25) is 4.99 Å². The molecule has 0 aromatic heterocycles. The van der Waals surface area contributed by atoms with Gasteiger partial charge in [-0.2, -0.15) is 17.5 Å². The van der Waals surface area contributed by atoms with E-state index in [0.29, 0.717) is 42.8 Å². The highest BCUT2D eigenvalue weighted by Gasteiger charge is 2.50. The van der Waals surface area contributed by atoms with Gasteiger partial charge in [0.05, 0.1) is 6.61 Å². The standard InChI is InChI=1S/C14H27F3N4O3S/c1-4-18-13(20-11(2)10-24-3)19-9-12-5-7-21(8-6-12)25(22,23)14(15,16)17/h11-12H,4-10H2,1-3H3,(H2,18,19,20). The maximum atomic E-state index is 12.6. The van der Waals surface area contributed by atoms with Crippen LogP contribution in [-0.4, -0.2) is 70.1 Å². The van der Waals surface area contributed by atoms with Gasteiger partial charge < -0.3 is 15.4 Å². The fraction of sp³-hybridized carbons (Fsp3) is 0.929. The summed E-state index contributed by atoms with van der Waals surface area (Å²) in [7, 11) is -3.62. The van der Waals surface area contributed by atoms with Crippen LogP contribution >= 0.6 is 0 Å². The number of hydrogen-bond donors (Lipinski definition) is 2. The van der Waals surface area contributed by atoms with E-state index in [2.05, 4.69) is 15.6 Å². The van der Waals surface area contributed by atoms with E-state index in [1.807, 2.05) is 13.8 Å². The second-order valence-electron chi connectivity index (χ2n) is 6.01. The van der Waals surface area contributed by atoms with Crippen molar-refractivity contribution in [1.29, 1.82) is 0 Å². The summed E-state index contributed by atoms with van der Waals surface area (Å²) >= 11 is 0. The van der Waals surface area contributed by atoms with E-state index >= 15 is 0 Å². The summed E-state index contributed by atoms with van der Waals surface area (Å²) in [5.74, 6) is 0.658. The summed E-state index contributed by atoms with van der Waals surface area (Å²) in [4.78, 5) is 4.44. The fourth-order valence-corrected chi connectivity index (χ4v) is 3.53. The summed E-state index contributed by atoms with van der Waals surface area (Å²) in [6, 6.07) is 0.0570. The van der Waals surface area contributed by atoms with Gasteiger partial charge >= 0.3 is 15.5 Å². The minimum atomic E-state index is -5.24. The third kappa shape index (κ3) is 6.63. The maximum absolute atomic E-state index is 12.6. The lowest BCUT2D eigenvalue weighted by Crippen LogP contribution is -2.46. The van der Waals surface area contributed by atoms with Crippen molar-refractivity contribution in [3.05, 3.63) is 0 Å². The number of nitrogens with zero attached hydrogens (tertiary/aromatic N) is 2. The molecule has 1 heterocycles. The quantitative estimate of drug-likeness (QED) is 0.505. The number of methoxy groups -OCH3 is 1. The molecule has 0 spiro atoms. The fourth-order valence-electron chi connectivity index (χ4n) is 2.54. The van der Waals surface area contributed by atoms with Crippen molar-refractivity contribution in [3.8, 4) is 0 Å². The van der Waals surface area contributed by atoms with Crippen LogP contribution in [0, 0.1) is 5.92 Å². The van der Waals surface area contributed by atoms with Crippen LogP contribution in [0.5, 0.6) is 0 Å². The largest absolute Gasteiger partial charge is 0.511 e. The SMILES string of the molecule is CCNC(=NCC1CCN(S(=O)(=O)C(F)(F)F)CC1)NC(C)COC. The van der Waals surface area contributed by atoms with Gasteiger partial charge in [-0.1, -0.05) is 0 Å². The zero-order valence-electron chi connectivity index (χ0n) is 14.8. The molecule has 1 aliphatic heterocycles. The lowest BCUT2D eigenvalue weighted by molar-refractivity contribution is -0.0496. The van der Waals surface area contributed by atoms with E-state index in [4.69, 9.17) is 4.74 Å². The first kappa shape index (κ1) is 22.0. The third-order valence-electron chi connectivity index (χ3n) is 3.86. The molecular weight excluding hydrogens is 361 g/mol. The van der Waals surface area contributed by atoms with E-state index in [9.17, 15) is 21.6 Å². The molecule has 1 aliphatic rings. The summed E-state index contributed by atoms with van der Waals surface area (Å²) < 4.78 is 66.0.